The maximum absolute atomic E-state index is 13.4. The Kier molecular flexibility index (Phi) is 7.78. The second kappa shape index (κ2) is 11.0. The molecular weight excluding hydrogens is 456 g/mol. The minimum atomic E-state index is -0.960. The maximum atomic E-state index is 13.4. The molecule has 2 aromatic carbocycles. The van der Waals surface area contributed by atoms with E-state index < -0.39 is 17.6 Å². The molecule has 1 N–H and O–H groups in total. The van der Waals surface area contributed by atoms with Crippen molar-refractivity contribution in [2.45, 2.75) is 64.0 Å². The SMILES string of the molecule is O=C(O)CC1CCC(OC(=O)N2CCc3cc(CC(=O)Cc4ccc(F)c(F)c4)ccc3C2)CC1. The third-order valence-electron chi connectivity index (χ3n) is 6.85. The highest BCUT2D eigenvalue weighted by Crippen LogP contribution is 2.29. The highest BCUT2D eigenvalue weighted by Gasteiger charge is 2.28. The lowest BCUT2D eigenvalue weighted by atomic mass is 9.85. The lowest BCUT2D eigenvalue weighted by Crippen LogP contribution is -2.39. The zero-order valence-corrected chi connectivity index (χ0v) is 19.5. The number of rotatable bonds is 7. The van der Waals surface area contributed by atoms with Crippen LogP contribution in [0.3, 0.4) is 0 Å². The number of carboxylic acids is 1. The van der Waals surface area contributed by atoms with Crippen LogP contribution >= 0.6 is 0 Å². The van der Waals surface area contributed by atoms with E-state index in [0.717, 1.165) is 41.7 Å². The average molecular weight is 486 g/mol. The largest absolute Gasteiger partial charge is 0.481 e. The Balaban J connectivity index is 1.27. The van der Waals surface area contributed by atoms with Crippen LogP contribution in [0.4, 0.5) is 13.6 Å². The highest BCUT2D eigenvalue weighted by molar-refractivity contribution is 5.83. The van der Waals surface area contributed by atoms with Crippen LogP contribution in [0, 0.1) is 17.6 Å². The fraction of sp³-hybridized carbons (Fsp3) is 0.444. The molecule has 1 amide bonds. The number of carbonyl (C=O) groups is 3. The van der Waals surface area contributed by atoms with Gasteiger partial charge < -0.3 is 14.7 Å². The Bertz CT molecular complexity index is 1110. The van der Waals surface area contributed by atoms with Crippen LogP contribution in [-0.4, -0.2) is 40.5 Å². The molecule has 186 valence electrons. The van der Waals surface area contributed by atoms with E-state index in [9.17, 15) is 23.2 Å². The molecule has 1 aliphatic carbocycles. The number of benzene rings is 2. The number of ketones is 1. The van der Waals surface area contributed by atoms with Gasteiger partial charge in [0.25, 0.3) is 0 Å². The summed E-state index contributed by atoms with van der Waals surface area (Å²) in [5.41, 5.74) is 3.39. The molecule has 0 saturated heterocycles. The summed E-state index contributed by atoms with van der Waals surface area (Å²) >= 11 is 0. The summed E-state index contributed by atoms with van der Waals surface area (Å²) in [6, 6.07) is 9.25. The lowest BCUT2D eigenvalue weighted by molar-refractivity contribution is -0.138. The van der Waals surface area contributed by atoms with Gasteiger partial charge in [-0.05, 0) is 72.4 Å². The fourth-order valence-electron chi connectivity index (χ4n) is 4.96. The second-order valence-corrected chi connectivity index (χ2v) is 9.54. The lowest BCUT2D eigenvalue weighted by Gasteiger charge is -2.32. The first-order chi connectivity index (χ1) is 16.8. The van der Waals surface area contributed by atoms with E-state index in [0.29, 0.717) is 37.9 Å². The van der Waals surface area contributed by atoms with Gasteiger partial charge in [0.05, 0.1) is 0 Å². The number of hydrogen-bond acceptors (Lipinski definition) is 4. The Hall–Kier alpha value is -3.29. The molecule has 8 heteroatoms. The number of carbonyl (C=O) groups excluding carboxylic acids is 2. The van der Waals surface area contributed by atoms with E-state index in [1.165, 1.54) is 6.07 Å². The zero-order valence-electron chi connectivity index (χ0n) is 19.5. The van der Waals surface area contributed by atoms with Crippen molar-refractivity contribution in [3.63, 3.8) is 0 Å². The number of fused-ring (bicyclic) bond motifs is 1. The monoisotopic (exact) mass is 485 g/mol. The number of halogens is 2. The maximum Gasteiger partial charge on any atom is 0.410 e. The van der Waals surface area contributed by atoms with Crippen molar-refractivity contribution in [2.75, 3.05) is 6.54 Å². The highest BCUT2D eigenvalue weighted by atomic mass is 19.2. The van der Waals surface area contributed by atoms with Crippen LogP contribution in [0.1, 0.15) is 54.4 Å². The summed E-state index contributed by atoms with van der Waals surface area (Å²) in [4.78, 5) is 37.7. The fourth-order valence-corrected chi connectivity index (χ4v) is 4.96. The summed E-state index contributed by atoms with van der Waals surface area (Å²) < 4.78 is 32.2. The van der Waals surface area contributed by atoms with Gasteiger partial charge in [-0.25, -0.2) is 13.6 Å². The van der Waals surface area contributed by atoms with E-state index in [1.807, 2.05) is 18.2 Å². The molecule has 2 aromatic rings. The molecule has 6 nitrogen and oxygen atoms in total. The normalized spacial score (nSPS) is 19.7. The first-order valence-electron chi connectivity index (χ1n) is 12.0. The van der Waals surface area contributed by atoms with Crippen LogP contribution < -0.4 is 0 Å². The van der Waals surface area contributed by atoms with Crippen LogP contribution in [0.25, 0.3) is 0 Å². The number of carboxylic acid groups (broad SMARTS) is 1. The smallest absolute Gasteiger partial charge is 0.410 e. The number of hydrogen-bond donors (Lipinski definition) is 1. The predicted molar refractivity (Wildman–Crippen MR) is 124 cm³/mol. The first kappa shape index (κ1) is 24.8. The molecular formula is C27H29F2NO5. The summed E-state index contributed by atoms with van der Waals surface area (Å²) in [5, 5.41) is 8.93. The summed E-state index contributed by atoms with van der Waals surface area (Å²) in [6.45, 7) is 0.956. The Morgan fingerprint density at radius 1 is 0.914 bits per heavy atom. The van der Waals surface area contributed by atoms with Gasteiger partial charge in [-0.2, -0.15) is 0 Å². The standard InChI is InChI=1S/C27H29F2NO5/c28-24-8-4-19(14-25(24)29)13-22(31)12-18-1-5-21-16-30(10-9-20(21)11-18)27(34)35-23-6-2-17(3-7-23)15-26(32)33/h1,4-5,8,11,14,17,23H,2-3,6-7,9-10,12-13,15-16H2,(H,32,33). The minimum absolute atomic E-state index is 0.0339. The molecule has 4 rings (SSSR count). The number of nitrogens with zero attached hydrogens (tertiary/aromatic N) is 1. The van der Waals surface area contributed by atoms with Crippen LogP contribution in [0.5, 0.6) is 0 Å². The van der Waals surface area contributed by atoms with Gasteiger partial charge in [0.15, 0.2) is 11.6 Å². The summed E-state index contributed by atoms with van der Waals surface area (Å²) in [6.07, 6.45) is 3.43. The van der Waals surface area contributed by atoms with Gasteiger partial charge >= 0.3 is 12.1 Å². The van der Waals surface area contributed by atoms with Crippen LogP contribution in [0.2, 0.25) is 0 Å². The predicted octanol–water partition coefficient (Wildman–Crippen LogP) is 4.85. The van der Waals surface area contributed by atoms with Crippen molar-refractivity contribution < 1.29 is 33.0 Å². The first-order valence-corrected chi connectivity index (χ1v) is 12.0. The number of ether oxygens (including phenoxy) is 1. The quantitative estimate of drug-likeness (QED) is 0.606. The molecule has 0 spiro atoms. The summed E-state index contributed by atoms with van der Waals surface area (Å²) in [5.74, 6) is -2.61. The van der Waals surface area contributed by atoms with Crippen molar-refractivity contribution in [2.24, 2.45) is 5.92 Å². The third-order valence-corrected chi connectivity index (χ3v) is 6.85. The van der Waals surface area contributed by atoms with Crippen molar-refractivity contribution in [1.29, 1.82) is 0 Å². The van der Waals surface area contributed by atoms with Gasteiger partial charge in [-0.1, -0.05) is 24.3 Å². The molecule has 1 aliphatic heterocycles. The molecule has 2 aliphatic rings. The number of Topliss-reactive ketones (excluding diaryl/α,β-unsaturated/α-hetero) is 1. The van der Waals surface area contributed by atoms with E-state index >= 15 is 0 Å². The van der Waals surface area contributed by atoms with Gasteiger partial charge in [-0.3, -0.25) is 9.59 Å². The van der Waals surface area contributed by atoms with Crippen molar-refractivity contribution >= 4 is 17.8 Å². The van der Waals surface area contributed by atoms with E-state index in [1.54, 1.807) is 4.90 Å². The summed E-state index contributed by atoms with van der Waals surface area (Å²) in [7, 11) is 0. The molecule has 1 saturated carbocycles. The molecule has 0 aromatic heterocycles. The minimum Gasteiger partial charge on any atom is -0.481 e. The van der Waals surface area contributed by atoms with Crippen LogP contribution in [-0.2, 0) is 40.1 Å². The van der Waals surface area contributed by atoms with Gasteiger partial charge in [0, 0.05) is 32.4 Å². The third kappa shape index (κ3) is 6.65. The molecule has 0 radical (unpaired) electrons. The molecule has 1 fully saturated rings. The van der Waals surface area contributed by atoms with E-state index in [-0.39, 0.29) is 43.2 Å². The molecule has 0 unspecified atom stereocenters. The Morgan fingerprint density at radius 2 is 1.60 bits per heavy atom. The van der Waals surface area contributed by atoms with Crippen molar-refractivity contribution in [3.8, 4) is 0 Å². The van der Waals surface area contributed by atoms with Crippen LogP contribution in [0.15, 0.2) is 36.4 Å². The Morgan fingerprint density at radius 3 is 2.29 bits per heavy atom. The molecule has 0 atom stereocenters. The molecule has 0 bridgehead atoms. The number of aliphatic carboxylic acids is 1. The van der Waals surface area contributed by atoms with E-state index in [2.05, 4.69) is 0 Å². The van der Waals surface area contributed by atoms with Gasteiger partial charge in [0.2, 0.25) is 0 Å². The second-order valence-electron chi connectivity index (χ2n) is 9.54. The molecule has 1 heterocycles. The number of amides is 1. The van der Waals surface area contributed by atoms with E-state index in [4.69, 9.17) is 9.84 Å². The van der Waals surface area contributed by atoms with Crippen molar-refractivity contribution in [1.82, 2.24) is 4.90 Å². The van der Waals surface area contributed by atoms with Crippen molar-refractivity contribution in [3.05, 3.63) is 70.3 Å². The topological polar surface area (TPSA) is 83.9 Å². The average Bonchev–Trinajstić information content (AvgIpc) is 2.82. The zero-order chi connectivity index (χ0) is 24.9. The van der Waals surface area contributed by atoms with Gasteiger partial charge in [0.1, 0.15) is 11.9 Å². The Labute approximate surface area is 202 Å². The van der Waals surface area contributed by atoms with Gasteiger partial charge in [-0.15, -0.1) is 0 Å². The molecule has 35 heavy (non-hydrogen) atoms.